The maximum atomic E-state index is 12.9. The number of halogens is 1. The molecular formula is C20H32ClN7OS2. The third-order valence-corrected chi connectivity index (χ3v) is 7.44. The molecule has 2 aliphatic rings. The van der Waals surface area contributed by atoms with Gasteiger partial charge in [-0.1, -0.05) is 16.3 Å². The van der Waals surface area contributed by atoms with Crippen LogP contribution in [0.2, 0.25) is 0 Å². The van der Waals surface area contributed by atoms with Gasteiger partial charge in [0, 0.05) is 36.3 Å². The average Bonchev–Trinajstić information content (AvgIpc) is 3.44. The molecular weight excluding hydrogens is 454 g/mol. The van der Waals surface area contributed by atoms with Crippen molar-refractivity contribution in [3.63, 3.8) is 0 Å². The number of hydrogen-bond acceptors (Lipinski definition) is 8. The summed E-state index contributed by atoms with van der Waals surface area (Å²) in [6, 6.07) is 0.358. The largest absolute Gasteiger partial charge is 0.341 e. The summed E-state index contributed by atoms with van der Waals surface area (Å²) in [5.74, 6) is 2.11. The maximum Gasteiger partial charge on any atom is 0.236 e. The summed E-state index contributed by atoms with van der Waals surface area (Å²) in [5.41, 5.74) is 1.04. The van der Waals surface area contributed by atoms with Crippen LogP contribution in [-0.2, 0) is 4.79 Å². The number of aromatic nitrogens is 5. The number of amides is 1. The standard InChI is InChI=1S/C20H31N7OS2.ClH/c1-14(2)27-19(22-23-20(27)29-3)15-6-9-25(10-7-15)12-18(28)26-8-4-5-16(11-26)17-13-30-24-21-17;/h13-16H,4-12H2,1-3H3;1H. The second-order valence-corrected chi connectivity index (χ2v) is 9.95. The predicted molar refractivity (Wildman–Crippen MR) is 126 cm³/mol. The molecule has 11 heteroatoms. The van der Waals surface area contributed by atoms with Crippen molar-refractivity contribution in [1.29, 1.82) is 0 Å². The summed E-state index contributed by atoms with van der Waals surface area (Å²) >= 11 is 3.04. The number of rotatable bonds is 6. The first-order valence-corrected chi connectivity index (χ1v) is 12.9. The lowest BCUT2D eigenvalue weighted by atomic mass is 9.94. The van der Waals surface area contributed by atoms with Crippen LogP contribution in [0.1, 0.15) is 68.9 Å². The minimum atomic E-state index is 0. The number of piperidine rings is 2. The van der Waals surface area contributed by atoms with E-state index in [9.17, 15) is 4.79 Å². The fourth-order valence-electron chi connectivity index (χ4n) is 4.63. The van der Waals surface area contributed by atoms with Crippen molar-refractivity contribution < 1.29 is 4.79 Å². The van der Waals surface area contributed by atoms with Crippen LogP contribution >= 0.6 is 35.7 Å². The highest BCUT2D eigenvalue weighted by Crippen LogP contribution is 2.31. The summed E-state index contributed by atoms with van der Waals surface area (Å²) in [6.07, 6.45) is 6.24. The summed E-state index contributed by atoms with van der Waals surface area (Å²) < 4.78 is 6.26. The van der Waals surface area contributed by atoms with Crippen LogP contribution in [0.15, 0.2) is 10.5 Å². The quantitative estimate of drug-likeness (QED) is 0.579. The third kappa shape index (κ3) is 5.58. The van der Waals surface area contributed by atoms with E-state index in [4.69, 9.17) is 0 Å². The number of carbonyl (C=O) groups is 1. The summed E-state index contributed by atoms with van der Waals surface area (Å²) in [6.45, 7) is 8.39. The number of thioether (sulfide) groups is 1. The Balaban J connectivity index is 0.00000272. The van der Waals surface area contributed by atoms with Crippen LogP contribution in [0.4, 0.5) is 0 Å². The van der Waals surface area contributed by atoms with Crippen molar-refractivity contribution in [1.82, 2.24) is 34.2 Å². The minimum absolute atomic E-state index is 0. The van der Waals surface area contributed by atoms with E-state index in [1.54, 1.807) is 11.8 Å². The zero-order valence-corrected chi connectivity index (χ0v) is 20.9. The van der Waals surface area contributed by atoms with Crippen molar-refractivity contribution in [3.8, 4) is 0 Å². The van der Waals surface area contributed by atoms with Gasteiger partial charge in [0.05, 0.1) is 12.2 Å². The van der Waals surface area contributed by atoms with Crippen LogP contribution in [0.5, 0.6) is 0 Å². The summed E-state index contributed by atoms with van der Waals surface area (Å²) in [4.78, 5) is 17.3. The Morgan fingerprint density at radius 3 is 2.58 bits per heavy atom. The molecule has 0 spiro atoms. The van der Waals surface area contributed by atoms with Gasteiger partial charge in [-0.15, -0.1) is 27.7 Å². The monoisotopic (exact) mass is 485 g/mol. The molecule has 2 aliphatic heterocycles. The first-order chi connectivity index (χ1) is 14.6. The van der Waals surface area contributed by atoms with E-state index in [-0.39, 0.29) is 18.3 Å². The molecule has 0 aromatic carbocycles. The molecule has 2 saturated heterocycles. The van der Waals surface area contributed by atoms with E-state index < -0.39 is 0 Å². The van der Waals surface area contributed by atoms with Crippen LogP contribution in [-0.4, -0.2) is 79.0 Å². The van der Waals surface area contributed by atoms with Gasteiger partial charge >= 0.3 is 0 Å². The highest BCUT2D eigenvalue weighted by molar-refractivity contribution is 7.98. The molecule has 1 amide bonds. The fourth-order valence-corrected chi connectivity index (χ4v) is 5.79. The van der Waals surface area contributed by atoms with Gasteiger partial charge < -0.3 is 9.47 Å². The second-order valence-electron chi connectivity index (χ2n) is 8.57. The van der Waals surface area contributed by atoms with Gasteiger partial charge in [-0.3, -0.25) is 9.69 Å². The van der Waals surface area contributed by atoms with Gasteiger partial charge in [-0.05, 0) is 70.4 Å². The van der Waals surface area contributed by atoms with Gasteiger partial charge in [0.2, 0.25) is 5.91 Å². The average molecular weight is 486 g/mol. The number of carbonyl (C=O) groups excluding carboxylic acids is 1. The zero-order chi connectivity index (χ0) is 21.1. The Labute approximate surface area is 198 Å². The lowest BCUT2D eigenvalue weighted by Gasteiger charge is -2.35. The van der Waals surface area contributed by atoms with E-state index in [1.165, 1.54) is 11.5 Å². The molecule has 31 heavy (non-hydrogen) atoms. The van der Waals surface area contributed by atoms with Crippen LogP contribution in [0, 0.1) is 0 Å². The molecule has 0 aliphatic carbocycles. The van der Waals surface area contributed by atoms with Crippen molar-refractivity contribution in [2.24, 2.45) is 0 Å². The first-order valence-electron chi connectivity index (χ1n) is 10.8. The molecule has 8 nitrogen and oxygen atoms in total. The molecule has 0 radical (unpaired) electrons. The molecule has 2 aromatic rings. The minimum Gasteiger partial charge on any atom is -0.341 e. The van der Waals surface area contributed by atoms with E-state index in [0.29, 0.717) is 24.4 Å². The Hall–Kier alpha value is -1.23. The normalized spacial score (nSPS) is 20.8. The molecule has 4 rings (SSSR count). The van der Waals surface area contributed by atoms with Crippen LogP contribution in [0.25, 0.3) is 0 Å². The Kier molecular flexibility index (Phi) is 8.72. The van der Waals surface area contributed by atoms with E-state index in [1.807, 2.05) is 10.3 Å². The van der Waals surface area contributed by atoms with E-state index in [2.05, 4.69) is 49.4 Å². The molecule has 1 unspecified atom stereocenters. The van der Waals surface area contributed by atoms with E-state index in [0.717, 1.165) is 68.5 Å². The van der Waals surface area contributed by atoms with Gasteiger partial charge in [-0.2, -0.15) is 0 Å². The number of likely N-dealkylation sites (tertiary alicyclic amines) is 2. The van der Waals surface area contributed by atoms with Crippen LogP contribution < -0.4 is 0 Å². The predicted octanol–water partition coefficient (Wildman–Crippen LogP) is 3.44. The zero-order valence-electron chi connectivity index (χ0n) is 18.4. The first kappa shape index (κ1) is 24.4. The lowest BCUT2D eigenvalue weighted by molar-refractivity contribution is -0.133. The molecule has 172 valence electrons. The van der Waals surface area contributed by atoms with Gasteiger partial charge in [-0.25, -0.2) is 0 Å². The summed E-state index contributed by atoms with van der Waals surface area (Å²) in [5, 5.41) is 16.1. The topological polar surface area (TPSA) is 80.0 Å². The second kappa shape index (κ2) is 11.1. The number of nitrogens with zero attached hydrogens (tertiary/aromatic N) is 7. The maximum absolute atomic E-state index is 12.9. The van der Waals surface area contributed by atoms with Gasteiger partial charge in [0.15, 0.2) is 5.16 Å². The molecule has 0 saturated carbocycles. The molecule has 4 heterocycles. The SMILES string of the molecule is CSc1nnc(C2CCN(CC(=O)N3CCCC(c4csnn4)C3)CC2)n1C(C)C.Cl. The third-order valence-electron chi connectivity index (χ3n) is 6.27. The summed E-state index contributed by atoms with van der Waals surface area (Å²) in [7, 11) is 0. The lowest BCUT2D eigenvalue weighted by Crippen LogP contribution is -2.46. The van der Waals surface area contributed by atoms with Crippen molar-refractivity contribution >= 4 is 41.6 Å². The molecule has 0 N–H and O–H groups in total. The van der Waals surface area contributed by atoms with E-state index >= 15 is 0 Å². The fraction of sp³-hybridized carbons (Fsp3) is 0.750. The highest BCUT2D eigenvalue weighted by Gasteiger charge is 2.30. The van der Waals surface area contributed by atoms with Crippen molar-refractivity contribution in [2.45, 2.75) is 62.6 Å². The molecule has 2 aromatic heterocycles. The smallest absolute Gasteiger partial charge is 0.236 e. The Morgan fingerprint density at radius 2 is 1.94 bits per heavy atom. The Morgan fingerprint density at radius 1 is 1.16 bits per heavy atom. The van der Waals surface area contributed by atoms with Gasteiger partial charge in [0.25, 0.3) is 0 Å². The molecule has 1 atom stereocenters. The molecule has 0 bridgehead atoms. The molecule has 2 fully saturated rings. The Bertz CT molecular complexity index is 837. The highest BCUT2D eigenvalue weighted by atomic mass is 35.5. The van der Waals surface area contributed by atoms with Crippen LogP contribution in [0.3, 0.4) is 0 Å². The van der Waals surface area contributed by atoms with Crippen molar-refractivity contribution in [3.05, 3.63) is 16.9 Å². The van der Waals surface area contributed by atoms with Gasteiger partial charge in [0.1, 0.15) is 5.82 Å². The van der Waals surface area contributed by atoms with Crippen molar-refractivity contribution in [2.75, 3.05) is 39.0 Å². The number of hydrogen-bond donors (Lipinski definition) is 0.